The molecule has 0 atom stereocenters. The second kappa shape index (κ2) is 9.55. The Bertz CT molecular complexity index is 1530. The van der Waals surface area contributed by atoms with E-state index in [0.29, 0.717) is 32.9 Å². The van der Waals surface area contributed by atoms with Gasteiger partial charge in [0.15, 0.2) is 10.5 Å². The maximum absolute atomic E-state index is 13.2. The maximum atomic E-state index is 13.2. The van der Waals surface area contributed by atoms with E-state index in [0.717, 1.165) is 5.56 Å². The quantitative estimate of drug-likeness (QED) is 0.211. The van der Waals surface area contributed by atoms with E-state index in [1.807, 2.05) is 0 Å². The average molecular weight is 509 g/mol. The number of hydrogen-bond acceptors (Lipinski definition) is 6. The summed E-state index contributed by atoms with van der Waals surface area (Å²) in [6.07, 6.45) is 0. The third-order valence-electron chi connectivity index (χ3n) is 5.87. The lowest BCUT2D eigenvalue weighted by Crippen LogP contribution is -2.13. The molecule has 0 aliphatic heterocycles. The zero-order chi connectivity index (χ0) is 25.4. The van der Waals surface area contributed by atoms with Crippen LogP contribution in [0.25, 0.3) is 11.0 Å². The first kappa shape index (κ1) is 25.1. The molecular formula is C28H28O5S2. The molecule has 0 saturated heterocycles. The van der Waals surface area contributed by atoms with Gasteiger partial charge in [-0.1, -0.05) is 75.0 Å². The second-order valence-corrected chi connectivity index (χ2v) is 12.0. The number of fused-ring (bicyclic) bond motifs is 1. The van der Waals surface area contributed by atoms with Gasteiger partial charge in [0, 0.05) is 16.9 Å². The van der Waals surface area contributed by atoms with Crippen LogP contribution in [0.4, 0.5) is 0 Å². The molecule has 0 aliphatic rings. The van der Waals surface area contributed by atoms with Crippen molar-refractivity contribution in [2.45, 2.75) is 55.8 Å². The topological polar surface area (TPSA) is 73.6 Å². The van der Waals surface area contributed by atoms with Gasteiger partial charge in [0.05, 0.1) is 5.39 Å². The molecule has 0 saturated carbocycles. The zero-order valence-corrected chi connectivity index (χ0v) is 22.0. The van der Waals surface area contributed by atoms with Crippen molar-refractivity contribution in [3.63, 3.8) is 0 Å². The highest BCUT2D eigenvalue weighted by Gasteiger charge is 2.21. The Morgan fingerprint density at radius 3 is 2.17 bits per heavy atom. The van der Waals surface area contributed by atoms with Crippen molar-refractivity contribution < 1.29 is 17.0 Å². The van der Waals surface area contributed by atoms with Crippen molar-refractivity contribution in [1.29, 1.82) is 0 Å². The van der Waals surface area contributed by atoms with E-state index in [-0.39, 0.29) is 21.5 Å². The van der Waals surface area contributed by atoms with Gasteiger partial charge in [-0.3, -0.25) is 4.79 Å². The summed E-state index contributed by atoms with van der Waals surface area (Å²) >= 11 is 1.47. The van der Waals surface area contributed by atoms with Crippen LogP contribution in [-0.2, 0) is 21.3 Å². The van der Waals surface area contributed by atoms with Gasteiger partial charge in [0.25, 0.3) is 0 Å². The van der Waals surface area contributed by atoms with Crippen molar-refractivity contribution >= 4 is 32.8 Å². The molecule has 0 unspecified atom stereocenters. The van der Waals surface area contributed by atoms with Gasteiger partial charge in [0.2, 0.25) is 0 Å². The Labute approximate surface area is 210 Å². The number of thioether (sulfide) groups is 1. The molecule has 0 bridgehead atoms. The van der Waals surface area contributed by atoms with Gasteiger partial charge in [-0.15, -0.1) is 0 Å². The molecule has 3 aromatic carbocycles. The average Bonchev–Trinajstić information content (AvgIpc) is 2.82. The van der Waals surface area contributed by atoms with Crippen molar-refractivity contribution in [3.05, 3.63) is 99.2 Å². The standard InChI is InChI=1S/C28H28O5S2/c1-18-23(33-35(30,31)22-9-7-6-8-10-22)15-16-24-25(18)26(29)19(2)27(32-24)34-17-20-11-13-21(14-12-20)28(3,4)5/h6-16H,17H2,1-5H3. The fourth-order valence-corrected chi connectivity index (χ4v) is 5.67. The molecule has 5 nitrogen and oxygen atoms in total. The van der Waals surface area contributed by atoms with Crippen LogP contribution in [0.3, 0.4) is 0 Å². The van der Waals surface area contributed by atoms with Gasteiger partial charge in [-0.25, -0.2) is 0 Å². The predicted molar refractivity (Wildman–Crippen MR) is 141 cm³/mol. The van der Waals surface area contributed by atoms with E-state index < -0.39 is 10.1 Å². The highest BCUT2D eigenvalue weighted by molar-refractivity contribution is 7.98. The Hall–Kier alpha value is -3.03. The minimum absolute atomic E-state index is 0.0463. The van der Waals surface area contributed by atoms with Gasteiger partial charge in [0.1, 0.15) is 16.2 Å². The summed E-state index contributed by atoms with van der Waals surface area (Å²) in [7, 11) is -4.02. The fourth-order valence-electron chi connectivity index (χ4n) is 3.72. The molecular weight excluding hydrogens is 480 g/mol. The van der Waals surface area contributed by atoms with Gasteiger partial charge >= 0.3 is 10.1 Å². The predicted octanol–water partition coefficient (Wildman–Crippen LogP) is 6.77. The van der Waals surface area contributed by atoms with Gasteiger partial charge in [-0.2, -0.15) is 8.42 Å². The first-order valence-electron chi connectivity index (χ1n) is 11.3. The fraction of sp³-hybridized carbons (Fsp3) is 0.250. The molecule has 1 heterocycles. The van der Waals surface area contributed by atoms with E-state index in [1.54, 1.807) is 38.1 Å². The first-order chi connectivity index (χ1) is 16.5. The second-order valence-electron chi connectivity index (χ2n) is 9.49. The van der Waals surface area contributed by atoms with Gasteiger partial charge in [-0.05, 0) is 54.7 Å². The molecule has 0 fully saturated rings. The number of benzene rings is 3. The minimum atomic E-state index is -4.02. The Morgan fingerprint density at radius 2 is 1.54 bits per heavy atom. The van der Waals surface area contributed by atoms with Crippen LogP contribution >= 0.6 is 11.8 Å². The van der Waals surface area contributed by atoms with Crippen LogP contribution in [0.1, 0.15) is 43.0 Å². The summed E-state index contributed by atoms with van der Waals surface area (Å²) in [5.41, 5.74) is 3.60. The lowest BCUT2D eigenvalue weighted by Gasteiger charge is -2.19. The highest BCUT2D eigenvalue weighted by Crippen LogP contribution is 2.33. The summed E-state index contributed by atoms with van der Waals surface area (Å²) in [5, 5.41) is 0.870. The van der Waals surface area contributed by atoms with Gasteiger partial charge < -0.3 is 8.60 Å². The van der Waals surface area contributed by atoms with Crippen molar-refractivity contribution in [1.82, 2.24) is 0 Å². The molecule has 0 spiro atoms. The Balaban J connectivity index is 1.62. The summed E-state index contributed by atoms with van der Waals surface area (Å²) < 4.78 is 36.8. The molecule has 4 rings (SSSR count). The van der Waals surface area contributed by atoms with Crippen LogP contribution in [0, 0.1) is 13.8 Å². The lowest BCUT2D eigenvalue weighted by atomic mass is 9.87. The van der Waals surface area contributed by atoms with E-state index >= 15 is 0 Å². The lowest BCUT2D eigenvalue weighted by molar-refractivity contribution is 0.480. The maximum Gasteiger partial charge on any atom is 0.339 e. The van der Waals surface area contributed by atoms with Crippen molar-refractivity contribution in [2.75, 3.05) is 0 Å². The molecule has 0 N–H and O–H groups in total. The summed E-state index contributed by atoms with van der Waals surface area (Å²) in [4.78, 5) is 13.3. The van der Waals surface area contributed by atoms with Crippen molar-refractivity contribution in [3.8, 4) is 5.75 Å². The molecule has 0 aliphatic carbocycles. The molecule has 182 valence electrons. The monoisotopic (exact) mass is 508 g/mol. The van der Waals surface area contributed by atoms with Crippen LogP contribution in [0.15, 0.2) is 85.9 Å². The summed E-state index contributed by atoms with van der Waals surface area (Å²) in [5.74, 6) is 0.766. The number of aryl methyl sites for hydroxylation is 1. The first-order valence-corrected chi connectivity index (χ1v) is 13.7. The smallest absolute Gasteiger partial charge is 0.339 e. The number of hydrogen-bond donors (Lipinski definition) is 0. The Kier molecular flexibility index (Phi) is 6.84. The molecule has 0 radical (unpaired) electrons. The Morgan fingerprint density at radius 1 is 0.886 bits per heavy atom. The summed E-state index contributed by atoms with van der Waals surface area (Å²) in [6, 6.07) is 19.5. The van der Waals surface area contributed by atoms with Crippen LogP contribution in [0.2, 0.25) is 0 Å². The van der Waals surface area contributed by atoms with Crippen LogP contribution < -0.4 is 9.61 Å². The van der Waals surface area contributed by atoms with Crippen molar-refractivity contribution in [2.24, 2.45) is 0 Å². The van der Waals surface area contributed by atoms with Crippen LogP contribution in [-0.4, -0.2) is 8.42 Å². The number of rotatable bonds is 6. The molecule has 4 aromatic rings. The van der Waals surface area contributed by atoms with Crippen LogP contribution in [0.5, 0.6) is 5.75 Å². The summed E-state index contributed by atoms with van der Waals surface area (Å²) in [6.45, 7) is 9.93. The van der Waals surface area contributed by atoms with E-state index in [4.69, 9.17) is 8.60 Å². The van der Waals surface area contributed by atoms with E-state index in [9.17, 15) is 13.2 Å². The molecule has 1 aromatic heterocycles. The highest BCUT2D eigenvalue weighted by atomic mass is 32.2. The molecule has 0 amide bonds. The third kappa shape index (κ3) is 5.31. The molecule has 7 heteroatoms. The third-order valence-corrected chi connectivity index (χ3v) is 8.25. The van der Waals surface area contributed by atoms with E-state index in [2.05, 4.69) is 45.0 Å². The molecule has 35 heavy (non-hydrogen) atoms. The zero-order valence-electron chi connectivity index (χ0n) is 20.4. The van der Waals surface area contributed by atoms with E-state index in [1.165, 1.54) is 35.5 Å². The SMILES string of the molecule is Cc1c(SCc2ccc(C(C)(C)C)cc2)oc2ccc(OS(=O)(=O)c3ccccc3)c(C)c2c1=O. The normalized spacial score (nSPS) is 12.1. The minimum Gasteiger partial charge on any atom is -0.449 e. The largest absolute Gasteiger partial charge is 0.449 e.